The molecule has 0 saturated carbocycles. The molecule has 0 fully saturated rings. The summed E-state index contributed by atoms with van der Waals surface area (Å²) >= 11 is 1.55. The quantitative estimate of drug-likeness (QED) is 0.884. The Hall–Kier alpha value is -1.82. The molecule has 6 heteroatoms. The number of nitrogens with one attached hydrogen (secondary N) is 1. The van der Waals surface area contributed by atoms with Crippen LogP contribution in [-0.4, -0.2) is 35.1 Å². The molecule has 1 N–H and O–H groups in total. The zero-order chi connectivity index (χ0) is 15.2. The topological polar surface area (TPSA) is 53.9 Å². The van der Waals surface area contributed by atoms with Crippen LogP contribution in [0, 0.1) is 6.92 Å². The summed E-state index contributed by atoms with van der Waals surface area (Å²) < 4.78 is 0. The fourth-order valence-electron chi connectivity index (χ4n) is 1.94. The van der Waals surface area contributed by atoms with Gasteiger partial charge in [-0.2, -0.15) is 15.0 Å². The Morgan fingerprint density at radius 3 is 2.52 bits per heavy atom. The molecule has 21 heavy (non-hydrogen) atoms. The van der Waals surface area contributed by atoms with Gasteiger partial charge in [0.25, 0.3) is 0 Å². The highest BCUT2D eigenvalue weighted by molar-refractivity contribution is 7.99. The highest BCUT2D eigenvalue weighted by atomic mass is 32.2. The number of rotatable bonds is 6. The van der Waals surface area contributed by atoms with Gasteiger partial charge < -0.3 is 10.2 Å². The third-order valence-electron chi connectivity index (χ3n) is 3.07. The molecule has 0 unspecified atom stereocenters. The fourth-order valence-corrected chi connectivity index (χ4v) is 2.80. The average molecular weight is 303 g/mol. The highest BCUT2D eigenvalue weighted by Crippen LogP contribution is 2.27. The molecular weight excluding hydrogens is 282 g/mol. The largest absolute Gasteiger partial charge is 0.357 e. The lowest BCUT2D eigenvalue weighted by atomic mass is 10.2. The molecule has 0 amide bonds. The van der Waals surface area contributed by atoms with E-state index < -0.39 is 0 Å². The van der Waals surface area contributed by atoms with E-state index in [1.165, 1.54) is 5.56 Å². The third kappa shape index (κ3) is 4.07. The first-order valence-corrected chi connectivity index (χ1v) is 7.91. The molecule has 2 aromatic rings. The zero-order valence-electron chi connectivity index (χ0n) is 12.9. The Labute approximate surface area is 130 Å². The summed E-state index contributed by atoms with van der Waals surface area (Å²) in [6.07, 6.45) is 0. The monoisotopic (exact) mass is 303 g/mol. The van der Waals surface area contributed by atoms with E-state index in [0.29, 0.717) is 11.1 Å². The van der Waals surface area contributed by atoms with E-state index in [-0.39, 0.29) is 0 Å². The Morgan fingerprint density at radius 1 is 1.14 bits per heavy atom. The number of aryl methyl sites for hydroxylation is 1. The van der Waals surface area contributed by atoms with E-state index >= 15 is 0 Å². The third-order valence-corrected chi connectivity index (χ3v) is 3.93. The van der Waals surface area contributed by atoms with Gasteiger partial charge in [0.15, 0.2) is 5.16 Å². The van der Waals surface area contributed by atoms with E-state index in [0.717, 1.165) is 23.9 Å². The van der Waals surface area contributed by atoms with Crippen molar-refractivity contribution in [3.8, 4) is 0 Å². The van der Waals surface area contributed by atoms with Crippen LogP contribution in [0.1, 0.15) is 19.4 Å². The first-order chi connectivity index (χ1) is 10.2. The molecule has 0 spiro atoms. The van der Waals surface area contributed by atoms with Crippen molar-refractivity contribution in [2.75, 3.05) is 30.4 Å². The SMILES string of the molecule is CCN(CC)c1nc(NC)nc(Sc2cccc(C)c2)n1. The van der Waals surface area contributed by atoms with Crippen molar-refractivity contribution in [2.45, 2.75) is 30.8 Å². The van der Waals surface area contributed by atoms with Crippen molar-refractivity contribution in [1.29, 1.82) is 0 Å². The van der Waals surface area contributed by atoms with Gasteiger partial charge in [0.1, 0.15) is 0 Å². The average Bonchev–Trinajstić information content (AvgIpc) is 2.48. The van der Waals surface area contributed by atoms with Crippen LogP contribution < -0.4 is 10.2 Å². The Kier molecular flexibility index (Phi) is 5.38. The summed E-state index contributed by atoms with van der Waals surface area (Å²) in [5, 5.41) is 3.72. The molecule has 1 aromatic heterocycles. The summed E-state index contributed by atoms with van der Waals surface area (Å²) in [6, 6.07) is 8.32. The summed E-state index contributed by atoms with van der Waals surface area (Å²) in [5.41, 5.74) is 1.23. The van der Waals surface area contributed by atoms with E-state index in [1.54, 1.807) is 11.8 Å². The predicted octanol–water partition coefficient (Wildman–Crippen LogP) is 3.22. The second kappa shape index (κ2) is 7.26. The molecule has 0 aliphatic rings. The van der Waals surface area contributed by atoms with E-state index in [4.69, 9.17) is 0 Å². The van der Waals surface area contributed by atoms with Crippen LogP contribution in [0.3, 0.4) is 0 Å². The van der Waals surface area contributed by atoms with Gasteiger partial charge in [-0.05, 0) is 44.7 Å². The summed E-state index contributed by atoms with van der Waals surface area (Å²) in [5.74, 6) is 1.32. The van der Waals surface area contributed by atoms with Gasteiger partial charge >= 0.3 is 0 Å². The predicted molar refractivity (Wildman–Crippen MR) is 88.2 cm³/mol. The van der Waals surface area contributed by atoms with Gasteiger partial charge in [-0.15, -0.1) is 0 Å². The van der Waals surface area contributed by atoms with Crippen LogP contribution in [0.15, 0.2) is 34.3 Å². The lowest BCUT2D eigenvalue weighted by Gasteiger charge is -2.19. The van der Waals surface area contributed by atoms with Crippen molar-refractivity contribution in [1.82, 2.24) is 15.0 Å². The summed E-state index contributed by atoms with van der Waals surface area (Å²) in [6.45, 7) is 8.02. The van der Waals surface area contributed by atoms with Gasteiger partial charge in [0.2, 0.25) is 11.9 Å². The maximum atomic E-state index is 4.57. The Balaban J connectivity index is 2.32. The maximum absolute atomic E-state index is 4.57. The Bertz CT molecular complexity index is 598. The van der Waals surface area contributed by atoms with Crippen molar-refractivity contribution in [3.05, 3.63) is 29.8 Å². The van der Waals surface area contributed by atoms with E-state index in [2.05, 4.69) is 64.1 Å². The minimum Gasteiger partial charge on any atom is -0.357 e. The first kappa shape index (κ1) is 15.6. The van der Waals surface area contributed by atoms with Gasteiger partial charge in [-0.25, -0.2) is 0 Å². The molecule has 5 nitrogen and oxygen atoms in total. The number of nitrogens with zero attached hydrogens (tertiary/aromatic N) is 4. The lowest BCUT2D eigenvalue weighted by Crippen LogP contribution is -2.25. The Morgan fingerprint density at radius 2 is 1.90 bits per heavy atom. The van der Waals surface area contributed by atoms with Crippen LogP contribution in [-0.2, 0) is 0 Å². The van der Waals surface area contributed by atoms with Gasteiger partial charge in [-0.3, -0.25) is 0 Å². The van der Waals surface area contributed by atoms with Crippen LogP contribution in [0.4, 0.5) is 11.9 Å². The molecule has 2 rings (SSSR count). The lowest BCUT2D eigenvalue weighted by molar-refractivity contribution is 0.784. The van der Waals surface area contributed by atoms with Crippen LogP contribution in [0.5, 0.6) is 0 Å². The standard InChI is InChI=1S/C15H21N5S/c1-5-20(6-2)14-17-13(16-4)18-15(19-14)21-12-9-7-8-11(3)10-12/h7-10H,5-6H2,1-4H3,(H,16,17,18,19). The number of benzene rings is 1. The molecule has 0 aliphatic heterocycles. The fraction of sp³-hybridized carbons (Fsp3) is 0.400. The van der Waals surface area contributed by atoms with Crippen LogP contribution >= 0.6 is 11.8 Å². The van der Waals surface area contributed by atoms with Crippen molar-refractivity contribution in [2.24, 2.45) is 0 Å². The molecule has 1 aromatic carbocycles. The second-order valence-corrected chi connectivity index (χ2v) is 5.62. The minimum atomic E-state index is 0.599. The molecule has 0 atom stereocenters. The summed E-state index contributed by atoms with van der Waals surface area (Å²) in [7, 11) is 1.82. The van der Waals surface area contributed by atoms with E-state index in [9.17, 15) is 0 Å². The smallest absolute Gasteiger partial charge is 0.231 e. The maximum Gasteiger partial charge on any atom is 0.231 e. The number of aromatic nitrogens is 3. The molecule has 0 radical (unpaired) electrons. The summed E-state index contributed by atoms with van der Waals surface area (Å²) in [4.78, 5) is 16.7. The molecule has 0 aliphatic carbocycles. The number of anilines is 2. The first-order valence-electron chi connectivity index (χ1n) is 7.09. The van der Waals surface area contributed by atoms with Crippen LogP contribution in [0.2, 0.25) is 0 Å². The van der Waals surface area contributed by atoms with Crippen molar-refractivity contribution >= 4 is 23.7 Å². The molecule has 0 bridgehead atoms. The van der Waals surface area contributed by atoms with Gasteiger partial charge in [0, 0.05) is 25.0 Å². The second-order valence-electron chi connectivity index (χ2n) is 4.58. The van der Waals surface area contributed by atoms with Crippen molar-refractivity contribution < 1.29 is 0 Å². The molecule has 112 valence electrons. The van der Waals surface area contributed by atoms with Gasteiger partial charge in [-0.1, -0.05) is 17.7 Å². The molecular formula is C15H21N5S. The highest BCUT2D eigenvalue weighted by Gasteiger charge is 2.11. The zero-order valence-corrected chi connectivity index (χ0v) is 13.7. The molecule has 0 saturated heterocycles. The van der Waals surface area contributed by atoms with Crippen LogP contribution in [0.25, 0.3) is 0 Å². The minimum absolute atomic E-state index is 0.599. The van der Waals surface area contributed by atoms with Gasteiger partial charge in [0.05, 0.1) is 0 Å². The van der Waals surface area contributed by atoms with E-state index in [1.807, 2.05) is 13.1 Å². The normalized spacial score (nSPS) is 10.5. The molecule has 1 heterocycles. The van der Waals surface area contributed by atoms with Crippen molar-refractivity contribution in [3.63, 3.8) is 0 Å². The number of hydrogen-bond donors (Lipinski definition) is 1. The number of hydrogen-bond acceptors (Lipinski definition) is 6.